The normalized spacial score (nSPS) is 11.4. The van der Waals surface area contributed by atoms with Crippen molar-refractivity contribution in [1.82, 2.24) is 5.32 Å². The zero-order valence-electron chi connectivity index (χ0n) is 7.08. The first-order valence-electron chi connectivity index (χ1n) is 3.74. The summed E-state index contributed by atoms with van der Waals surface area (Å²) in [6.07, 6.45) is 2.11. The molecule has 0 saturated heterocycles. The second kappa shape index (κ2) is 6.39. The van der Waals surface area contributed by atoms with Gasteiger partial charge < -0.3 is 14.8 Å². The lowest BCUT2D eigenvalue weighted by atomic mass is 10.3. The van der Waals surface area contributed by atoms with E-state index in [0.29, 0.717) is 12.7 Å². The highest BCUT2D eigenvalue weighted by molar-refractivity contribution is 5.72. The maximum atomic E-state index is 10.8. The number of nitrogens with one attached hydrogen (secondary N) is 1. The van der Waals surface area contributed by atoms with Crippen molar-refractivity contribution >= 4 is 12.4 Å². The number of hydrogen-bond acceptors (Lipinski definition) is 3. The Morgan fingerprint density at radius 3 is 2.83 bits per heavy atom. The lowest BCUT2D eigenvalue weighted by Crippen LogP contribution is -2.35. The fourth-order valence-corrected chi connectivity index (χ4v) is 0.560. The summed E-state index contributed by atoms with van der Waals surface area (Å²) in [7, 11) is 0. The summed E-state index contributed by atoms with van der Waals surface area (Å²) in [6.45, 7) is 5.33. The molecule has 0 spiro atoms. The Kier molecular flexibility index (Phi) is 5.69. The van der Waals surface area contributed by atoms with E-state index in [9.17, 15) is 9.59 Å². The molecule has 4 nitrogen and oxygen atoms in total. The molecule has 0 radical (unpaired) electrons. The van der Waals surface area contributed by atoms with Gasteiger partial charge in [-0.3, -0.25) is 0 Å². The molecule has 0 aromatic heterocycles. The molecule has 0 saturated carbocycles. The zero-order valence-corrected chi connectivity index (χ0v) is 7.08. The molecule has 1 amide bonds. The Morgan fingerprint density at radius 2 is 2.42 bits per heavy atom. The molecule has 0 aromatic carbocycles. The van der Waals surface area contributed by atoms with Gasteiger partial charge in [0.1, 0.15) is 12.9 Å². The van der Waals surface area contributed by atoms with Crippen LogP contribution in [-0.2, 0) is 9.53 Å². The Balaban J connectivity index is 3.65. The summed E-state index contributed by atoms with van der Waals surface area (Å²) >= 11 is 0. The van der Waals surface area contributed by atoms with Crippen LogP contribution in [0.2, 0.25) is 0 Å². The number of carbonyl (C=O) groups is 2. The molecule has 0 aliphatic heterocycles. The Morgan fingerprint density at radius 1 is 1.75 bits per heavy atom. The number of amides is 1. The monoisotopic (exact) mass is 171 g/mol. The van der Waals surface area contributed by atoms with E-state index in [4.69, 9.17) is 0 Å². The van der Waals surface area contributed by atoms with E-state index in [1.807, 2.05) is 0 Å². The van der Waals surface area contributed by atoms with Crippen LogP contribution in [0.3, 0.4) is 0 Å². The molecule has 0 aromatic rings. The molecule has 0 rings (SSSR count). The van der Waals surface area contributed by atoms with Gasteiger partial charge in [0.2, 0.25) is 0 Å². The molecule has 0 aliphatic rings. The van der Waals surface area contributed by atoms with Gasteiger partial charge in [-0.15, -0.1) is 0 Å². The highest BCUT2D eigenvalue weighted by atomic mass is 16.5. The highest BCUT2D eigenvalue weighted by Crippen LogP contribution is 1.87. The number of ether oxygens (including phenoxy) is 1. The third kappa shape index (κ3) is 4.49. The van der Waals surface area contributed by atoms with Gasteiger partial charge in [0.25, 0.3) is 0 Å². The third-order valence-electron chi connectivity index (χ3n) is 1.24. The summed E-state index contributed by atoms with van der Waals surface area (Å²) in [5, 5.41) is 2.37. The van der Waals surface area contributed by atoms with Gasteiger partial charge in [0, 0.05) is 0 Å². The number of hydrogen-bond donors (Lipinski definition) is 1. The van der Waals surface area contributed by atoms with Crippen LogP contribution in [0.25, 0.3) is 0 Å². The molecule has 0 aliphatic carbocycles. The molecule has 0 bridgehead atoms. The van der Waals surface area contributed by atoms with Gasteiger partial charge in [0.15, 0.2) is 0 Å². The summed E-state index contributed by atoms with van der Waals surface area (Å²) < 4.78 is 4.60. The van der Waals surface area contributed by atoms with Crippen LogP contribution < -0.4 is 5.32 Å². The Labute approximate surface area is 71.6 Å². The first kappa shape index (κ1) is 10.7. The van der Waals surface area contributed by atoms with Crippen LogP contribution >= 0.6 is 0 Å². The fourth-order valence-electron chi connectivity index (χ4n) is 0.560. The summed E-state index contributed by atoms with van der Waals surface area (Å²) in [4.78, 5) is 21.0. The molecular formula is C8H13NO3. The van der Waals surface area contributed by atoms with Crippen molar-refractivity contribution < 1.29 is 14.3 Å². The van der Waals surface area contributed by atoms with Crippen molar-refractivity contribution in [3.05, 3.63) is 12.7 Å². The van der Waals surface area contributed by atoms with Crippen LogP contribution in [0.15, 0.2) is 12.7 Å². The smallest absolute Gasteiger partial charge is 0.408 e. The van der Waals surface area contributed by atoms with Gasteiger partial charge in [-0.05, 0) is 6.42 Å². The van der Waals surface area contributed by atoms with E-state index in [1.165, 1.54) is 6.08 Å². The topological polar surface area (TPSA) is 55.4 Å². The van der Waals surface area contributed by atoms with E-state index < -0.39 is 12.1 Å². The SMILES string of the molecule is C=CCOC(=O)NC(C=O)CC. The standard InChI is InChI=1S/C8H13NO3/c1-3-5-12-8(11)9-7(4-2)6-10/h3,6-7H,1,4-5H2,2H3,(H,9,11). The molecule has 1 N–H and O–H groups in total. The van der Waals surface area contributed by atoms with Gasteiger partial charge in [-0.2, -0.15) is 0 Å². The van der Waals surface area contributed by atoms with Gasteiger partial charge in [-0.25, -0.2) is 4.79 Å². The minimum atomic E-state index is -0.589. The van der Waals surface area contributed by atoms with E-state index in [2.05, 4.69) is 16.6 Å². The largest absolute Gasteiger partial charge is 0.445 e. The van der Waals surface area contributed by atoms with E-state index >= 15 is 0 Å². The molecule has 1 unspecified atom stereocenters. The maximum Gasteiger partial charge on any atom is 0.408 e. The predicted octanol–water partition coefficient (Wildman–Crippen LogP) is 0.876. The van der Waals surface area contributed by atoms with Gasteiger partial charge >= 0.3 is 6.09 Å². The number of carbonyl (C=O) groups excluding carboxylic acids is 2. The zero-order chi connectivity index (χ0) is 9.40. The Bertz CT molecular complexity index is 168. The lowest BCUT2D eigenvalue weighted by Gasteiger charge is -2.09. The molecule has 68 valence electrons. The van der Waals surface area contributed by atoms with Crippen LogP contribution in [-0.4, -0.2) is 25.0 Å². The number of alkyl carbamates (subject to hydrolysis) is 1. The first-order valence-corrected chi connectivity index (χ1v) is 3.74. The summed E-state index contributed by atoms with van der Waals surface area (Å²) in [5.74, 6) is 0. The molecule has 4 heteroatoms. The van der Waals surface area contributed by atoms with Gasteiger partial charge in [-0.1, -0.05) is 19.6 Å². The molecule has 12 heavy (non-hydrogen) atoms. The van der Waals surface area contributed by atoms with Crippen molar-refractivity contribution in [3.8, 4) is 0 Å². The van der Waals surface area contributed by atoms with Crippen molar-refractivity contribution in [1.29, 1.82) is 0 Å². The second-order valence-corrected chi connectivity index (χ2v) is 2.18. The molecule has 1 atom stereocenters. The Hall–Kier alpha value is -1.32. The molecule has 0 heterocycles. The van der Waals surface area contributed by atoms with Gasteiger partial charge in [0.05, 0.1) is 6.04 Å². The average Bonchev–Trinajstić information content (AvgIpc) is 2.10. The minimum Gasteiger partial charge on any atom is -0.445 e. The van der Waals surface area contributed by atoms with E-state index in [1.54, 1.807) is 6.92 Å². The van der Waals surface area contributed by atoms with Crippen LogP contribution in [0, 0.1) is 0 Å². The quantitative estimate of drug-likeness (QED) is 0.493. The van der Waals surface area contributed by atoms with Crippen LogP contribution in [0.1, 0.15) is 13.3 Å². The van der Waals surface area contributed by atoms with E-state index in [-0.39, 0.29) is 6.61 Å². The van der Waals surface area contributed by atoms with Crippen molar-refractivity contribution in [2.24, 2.45) is 0 Å². The second-order valence-electron chi connectivity index (χ2n) is 2.18. The maximum absolute atomic E-state index is 10.8. The lowest BCUT2D eigenvalue weighted by molar-refractivity contribution is -0.109. The van der Waals surface area contributed by atoms with Crippen molar-refractivity contribution in [2.45, 2.75) is 19.4 Å². The van der Waals surface area contributed by atoms with Crippen molar-refractivity contribution in [3.63, 3.8) is 0 Å². The summed E-state index contributed by atoms with van der Waals surface area (Å²) in [6, 6.07) is -0.456. The average molecular weight is 171 g/mol. The predicted molar refractivity (Wildman–Crippen MR) is 44.8 cm³/mol. The first-order chi connectivity index (χ1) is 5.74. The summed E-state index contributed by atoms with van der Waals surface area (Å²) in [5.41, 5.74) is 0. The van der Waals surface area contributed by atoms with E-state index in [0.717, 1.165) is 0 Å². The molecular weight excluding hydrogens is 158 g/mol. The highest BCUT2D eigenvalue weighted by Gasteiger charge is 2.08. The number of aldehydes is 1. The minimum absolute atomic E-state index is 0.154. The van der Waals surface area contributed by atoms with Crippen LogP contribution in [0.5, 0.6) is 0 Å². The van der Waals surface area contributed by atoms with Crippen molar-refractivity contribution in [2.75, 3.05) is 6.61 Å². The fraction of sp³-hybridized carbons (Fsp3) is 0.500. The van der Waals surface area contributed by atoms with Crippen LogP contribution in [0.4, 0.5) is 4.79 Å². The number of rotatable bonds is 5. The molecule has 0 fully saturated rings. The third-order valence-corrected chi connectivity index (χ3v) is 1.24.